The van der Waals surface area contributed by atoms with E-state index in [1.54, 1.807) is 30.0 Å². The first-order valence-electron chi connectivity index (χ1n) is 6.75. The van der Waals surface area contributed by atoms with E-state index in [2.05, 4.69) is 0 Å². The van der Waals surface area contributed by atoms with Crippen molar-refractivity contribution in [2.24, 2.45) is 5.73 Å². The Morgan fingerprint density at radius 3 is 2.05 bits per heavy atom. The van der Waals surface area contributed by atoms with Gasteiger partial charge in [0.05, 0.1) is 11.7 Å². The molecule has 0 saturated heterocycles. The van der Waals surface area contributed by atoms with Crippen LogP contribution in [0.3, 0.4) is 0 Å². The molecule has 2 nitrogen and oxygen atoms in total. The van der Waals surface area contributed by atoms with E-state index < -0.39 is 23.5 Å². The van der Waals surface area contributed by atoms with Gasteiger partial charge < -0.3 is 10.6 Å². The predicted molar refractivity (Wildman–Crippen MR) is 77.6 cm³/mol. The van der Waals surface area contributed by atoms with E-state index in [4.69, 9.17) is 5.73 Å². The molecular weight excluding hydrogens is 277 g/mol. The lowest BCUT2D eigenvalue weighted by Gasteiger charge is -2.33. The Balaban J connectivity index is 2.51. The summed E-state index contributed by atoms with van der Waals surface area (Å²) >= 11 is 0. The molecule has 21 heavy (non-hydrogen) atoms. The summed E-state index contributed by atoms with van der Waals surface area (Å²) in [6.07, 6.45) is 0. The van der Waals surface area contributed by atoms with E-state index in [-0.39, 0.29) is 17.8 Å². The molecule has 0 saturated carbocycles. The fourth-order valence-electron chi connectivity index (χ4n) is 2.47. The number of para-hydroxylation sites is 1. The van der Waals surface area contributed by atoms with E-state index in [0.717, 1.165) is 0 Å². The second-order valence-electron chi connectivity index (χ2n) is 4.62. The fraction of sp³-hybridized carbons (Fsp3) is 0.250. The molecule has 2 N–H and O–H groups in total. The smallest absolute Gasteiger partial charge is 0.146 e. The summed E-state index contributed by atoms with van der Waals surface area (Å²) in [5, 5.41) is 0. The Morgan fingerprint density at radius 2 is 1.52 bits per heavy atom. The topological polar surface area (TPSA) is 29.3 Å². The molecule has 0 fully saturated rings. The van der Waals surface area contributed by atoms with E-state index in [1.165, 1.54) is 24.3 Å². The van der Waals surface area contributed by atoms with Gasteiger partial charge in [0.1, 0.15) is 17.5 Å². The van der Waals surface area contributed by atoms with Gasteiger partial charge in [-0.25, -0.2) is 13.2 Å². The molecule has 2 aromatic carbocycles. The van der Waals surface area contributed by atoms with Gasteiger partial charge in [0.2, 0.25) is 0 Å². The van der Waals surface area contributed by atoms with E-state index >= 15 is 0 Å². The molecule has 0 heterocycles. The minimum atomic E-state index is -0.770. The number of nitrogens with zero attached hydrogens (tertiary/aromatic N) is 1. The molecule has 0 amide bonds. The third-order valence-corrected chi connectivity index (χ3v) is 3.43. The van der Waals surface area contributed by atoms with Crippen LogP contribution in [0.1, 0.15) is 18.5 Å². The van der Waals surface area contributed by atoms with Crippen LogP contribution in [-0.2, 0) is 0 Å². The molecule has 1 unspecified atom stereocenters. The number of rotatable bonds is 5. The minimum Gasteiger partial charge on any atom is -0.361 e. The second kappa shape index (κ2) is 6.63. The summed E-state index contributed by atoms with van der Waals surface area (Å²) in [7, 11) is 0. The van der Waals surface area contributed by atoms with Gasteiger partial charge in [0.15, 0.2) is 0 Å². The van der Waals surface area contributed by atoms with Gasteiger partial charge in [-0.1, -0.05) is 18.2 Å². The summed E-state index contributed by atoms with van der Waals surface area (Å²) < 4.78 is 41.9. The zero-order valence-corrected chi connectivity index (χ0v) is 11.7. The summed E-state index contributed by atoms with van der Waals surface area (Å²) in [5.41, 5.74) is 5.85. The maximum atomic E-state index is 14.0. The lowest BCUT2D eigenvalue weighted by Crippen LogP contribution is -2.35. The Bertz CT molecular complexity index is 596. The average Bonchev–Trinajstić information content (AvgIpc) is 2.47. The molecule has 0 aliphatic heterocycles. The Kier molecular flexibility index (Phi) is 4.85. The van der Waals surface area contributed by atoms with Crippen molar-refractivity contribution in [1.82, 2.24) is 0 Å². The molecule has 112 valence electrons. The third-order valence-electron chi connectivity index (χ3n) is 3.43. The highest BCUT2D eigenvalue weighted by Gasteiger charge is 2.26. The highest BCUT2D eigenvalue weighted by atomic mass is 19.1. The Morgan fingerprint density at radius 1 is 0.952 bits per heavy atom. The van der Waals surface area contributed by atoms with E-state index in [1.807, 2.05) is 0 Å². The van der Waals surface area contributed by atoms with Crippen molar-refractivity contribution < 1.29 is 13.2 Å². The fourth-order valence-corrected chi connectivity index (χ4v) is 2.47. The van der Waals surface area contributed by atoms with Crippen molar-refractivity contribution in [2.45, 2.75) is 13.0 Å². The maximum Gasteiger partial charge on any atom is 0.146 e. The first-order chi connectivity index (χ1) is 10.1. The van der Waals surface area contributed by atoms with Crippen LogP contribution in [0.25, 0.3) is 0 Å². The summed E-state index contributed by atoms with van der Waals surface area (Å²) in [6, 6.07) is 8.99. The van der Waals surface area contributed by atoms with Crippen molar-refractivity contribution in [3.8, 4) is 0 Å². The number of nitrogens with two attached hydrogens (primary N) is 1. The average molecular weight is 294 g/mol. The molecule has 0 spiro atoms. The molecule has 0 aliphatic rings. The van der Waals surface area contributed by atoms with Crippen molar-refractivity contribution in [2.75, 3.05) is 18.0 Å². The van der Waals surface area contributed by atoms with Gasteiger partial charge in [-0.05, 0) is 31.2 Å². The quantitative estimate of drug-likeness (QED) is 0.912. The second-order valence-corrected chi connectivity index (χ2v) is 4.62. The first-order valence-corrected chi connectivity index (χ1v) is 6.75. The lowest BCUT2D eigenvalue weighted by molar-refractivity contribution is 0.506. The van der Waals surface area contributed by atoms with Crippen LogP contribution in [0.15, 0.2) is 42.5 Å². The lowest BCUT2D eigenvalue weighted by atomic mass is 10.0. The first kappa shape index (κ1) is 15.4. The predicted octanol–water partition coefficient (Wildman–Crippen LogP) is 3.63. The molecule has 0 aromatic heterocycles. The van der Waals surface area contributed by atoms with Crippen LogP contribution in [0.2, 0.25) is 0 Å². The number of halogens is 3. The zero-order valence-electron chi connectivity index (χ0n) is 11.7. The van der Waals surface area contributed by atoms with Gasteiger partial charge in [-0.15, -0.1) is 0 Å². The normalized spacial score (nSPS) is 12.2. The Hall–Kier alpha value is -2.01. The molecule has 2 aromatic rings. The van der Waals surface area contributed by atoms with Crippen molar-refractivity contribution in [3.63, 3.8) is 0 Å². The highest BCUT2D eigenvalue weighted by Crippen LogP contribution is 2.31. The van der Waals surface area contributed by atoms with E-state index in [9.17, 15) is 13.2 Å². The SMILES string of the molecule is CCN(c1ccccc1F)C(CN)c1c(F)cccc1F. The molecule has 0 aliphatic carbocycles. The minimum absolute atomic E-state index is 0.0278. The van der Waals surface area contributed by atoms with Crippen LogP contribution in [0.5, 0.6) is 0 Å². The van der Waals surface area contributed by atoms with Crippen molar-refractivity contribution in [3.05, 3.63) is 65.5 Å². The summed E-state index contributed by atoms with van der Waals surface area (Å²) in [4.78, 5) is 1.57. The Labute approximate surface area is 122 Å². The van der Waals surface area contributed by atoms with Gasteiger partial charge in [-0.2, -0.15) is 0 Å². The monoisotopic (exact) mass is 294 g/mol. The van der Waals surface area contributed by atoms with Crippen molar-refractivity contribution >= 4 is 5.69 Å². The van der Waals surface area contributed by atoms with Crippen LogP contribution < -0.4 is 10.6 Å². The highest BCUT2D eigenvalue weighted by molar-refractivity contribution is 5.50. The number of hydrogen-bond donors (Lipinski definition) is 1. The van der Waals surface area contributed by atoms with Crippen LogP contribution >= 0.6 is 0 Å². The van der Waals surface area contributed by atoms with E-state index in [0.29, 0.717) is 6.54 Å². The van der Waals surface area contributed by atoms with Gasteiger partial charge in [0, 0.05) is 18.7 Å². The molecule has 0 bridgehead atoms. The van der Waals surface area contributed by atoms with Crippen molar-refractivity contribution in [1.29, 1.82) is 0 Å². The molecule has 1 atom stereocenters. The summed E-state index contributed by atoms with van der Waals surface area (Å²) in [6.45, 7) is 2.13. The maximum absolute atomic E-state index is 14.0. The van der Waals surface area contributed by atoms with Gasteiger partial charge in [-0.3, -0.25) is 0 Å². The van der Waals surface area contributed by atoms with Gasteiger partial charge >= 0.3 is 0 Å². The largest absolute Gasteiger partial charge is 0.361 e. The number of anilines is 1. The van der Waals surface area contributed by atoms with Crippen LogP contribution in [-0.4, -0.2) is 13.1 Å². The molecule has 0 radical (unpaired) electrons. The molecule has 2 rings (SSSR count). The zero-order chi connectivity index (χ0) is 15.4. The molecular formula is C16H17F3N2. The molecule has 5 heteroatoms. The number of benzene rings is 2. The number of likely N-dealkylation sites (N-methyl/N-ethyl adjacent to an activating group) is 1. The van der Waals surface area contributed by atoms with Gasteiger partial charge in [0.25, 0.3) is 0 Å². The van der Waals surface area contributed by atoms with Crippen LogP contribution in [0.4, 0.5) is 18.9 Å². The van der Waals surface area contributed by atoms with Crippen LogP contribution in [0, 0.1) is 17.5 Å². The standard InChI is InChI=1S/C16H17F3N2/c1-2-21(14-9-4-3-6-11(14)17)15(10-20)16-12(18)7-5-8-13(16)19/h3-9,15H,2,10,20H2,1H3. The summed E-state index contributed by atoms with van der Waals surface area (Å²) in [5.74, 6) is -1.81. The number of hydrogen-bond acceptors (Lipinski definition) is 2. The third kappa shape index (κ3) is 3.03.